The first-order valence-electron chi connectivity index (χ1n) is 5.03. The number of aliphatic imine (C=N–C) groups is 2. The van der Waals surface area contributed by atoms with Crippen molar-refractivity contribution >= 4 is 18.0 Å². The maximum absolute atomic E-state index is 10.8. The van der Waals surface area contributed by atoms with Gasteiger partial charge in [0.05, 0.1) is 5.71 Å². The number of hydrogen-bond acceptors (Lipinski definition) is 4. The second-order valence-corrected chi connectivity index (χ2v) is 3.32. The zero-order valence-corrected chi connectivity index (χ0v) is 10.6. The molecule has 5 N–H and O–H groups in total. The summed E-state index contributed by atoms with van der Waals surface area (Å²) in [5.74, 6) is 0. The third-order valence-corrected chi connectivity index (χ3v) is 2.17. The lowest BCUT2D eigenvalue weighted by molar-refractivity contribution is 0.251. The molecule has 0 fully saturated rings. The second-order valence-electron chi connectivity index (χ2n) is 3.32. The van der Waals surface area contributed by atoms with Crippen molar-refractivity contribution in [1.29, 1.82) is 0 Å². The zero-order chi connectivity index (χ0) is 13.4. The first kappa shape index (κ1) is 14.9. The molecule has 0 aromatic carbocycles. The van der Waals surface area contributed by atoms with E-state index in [2.05, 4.69) is 15.3 Å². The molecule has 0 bridgehead atoms. The Hall–Kier alpha value is -2.11. The fraction of sp³-hybridized carbons (Fsp3) is 0.364. The Morgan fingerprint density at radius 3 is 2.24 bits per heavy atom. The van der Waals surface area contributed by atoms with Crippen LogP contribution in [0.5, 0.6) is 0 Å². The monoisotopic (exact) mass is 237 g/mol. The summed E-state index contributed by atoms with van der Waals surface area (Å²) in [7, 11) is 3.29. The van der Waals surface area contributed by atoms with Gasteiger partial charge in [-0.3, -0.25) is 9.98 Å². The predicted molar refractivity (Wildman–Crippen MR) is 71.1 cm³/mol. The van der Waals surface area contributed by atoms with E-state index >= 15 is 0 Å². The van der Waals surface area contributed by atoms with Crippen molar-refractivity contribution in [2.45, 2.75) is 13.8 Å². The van der Waals surface area contributed by atoms with E-state index < -0.39 is 6.03 Å². The van der Waals surface area contributed by atoms with Crippen LogP contribution >= 0.6 is 0 Å². The Labute approximate surface area is 101 Å². The number of urea groups is 1. The van der Waals surface area contributed by atoms with Crippen LogP contribution in [-0.2, 0) is 0 Å². The Morgan fingerprint density at radius 1 is 1.29 bits per heavy atom. The quantitative estimate of drug-likeness (QED) is 0.621. The molecule has 6 nitrogen and oxygen atoms in total. The summed E-state index contributed by atoms with van der Waals surface area (Å²) >= 11 is 0. The molecule has 0 unspecified atom stereocenters. The van der Waals surface area contributed by atoms with Gasteiger partial charge in [0.2, 0.25) is 0 Å². The highest BCUT2D eigenvalue weighted by Crippen LogP contribution is 2.09. The van der Waals surface area contributed by atoms with Crippen LogP contribution in [0.2, 0.25) is 0 Å². The molecule has 0 aliphatic heterocycles. The van der Waals surface area contributed by atoms with Crippen LogP contribution in [0.3, 0.4) is 0 Å². The number of carbonyl (C=O) groups excluding carboxylic acids is 1. The van der Waals surface area contributed by atoms with E-state index in [1.807, 2.05) is 6.92 Å². The maximum Gasteiger partial charge on any atom is 0.316 e. The molecule has 2 amide bonds. The minimum Gasteiger partial charge on any atom is -0.404 e. The number of nitrogens with zero attached hydrogens (tertiary/aromatic N) is 2. The normalized spacial score (nSPS) is 14.8. The van der Waals surface area contributed by atoms with Gasteiger partial charge in [-0.15, -0.1) is 0 Å². The third kappa shape index (κ3) is 4.50. The van der Waals surface area contributed by atoms with Crippen molar-refractivity contribution in [2.75, 3.05) is 14.1 Å². The van der Waals surface area contributed by atoms with E-state index in [1.165, 1.54) is 6.20 Å². The molecule has 0 aromatic rings. The summed E-state index contributed by atoms with van der Waals surface area (Å²) in [6.45, 7) is 3.56. The number of amides is 2. The van der Waals surface area contributed by atoms with Crippen LogP contribution in [0, 0.1) is 0 Å². The van der Waals surface area contributed by atoms with E-state index in [-0.39, 0.29) is 0 Å². The molecule has 17 heavy (non-hydrogen) atoms. The molecule has 0 aromatic heterocycles. The number of allylic oxidation sites excluding steroid dienone is 3. The minimum atomic E-state index is -0.611. The van der Waals surface area contributed by atoms with Gasteiger partial charge in [0, 0.05) is 37.8 Å². The van der Waals surface area contributed by atoms with Crippen molar-refractivity contribution in [2.24, 2.45) is 21.5 Å². The highest BCUT2D eigenvalue weighted by Gasteiger charge is 2.10. The highest BCUT2D eigenvalue weighted by atomic mass is 16.2. The molecule has 0 spiro atoms. The standard InChI is InChI=1S/C11H19N5O/c1-7(8(2)16-11(13)17)10(15-4)9(5-12)6-14-3/h5-6H,12H2,1-4H3,(H3,13,16,17)/b8-7+,9-5?,14-6?,15-10?. The lowest BCUT2D eigenvalue weighted by Gasteiger charge is -2.11. The molecule has 0 aliphatic rings. The van der Waals surface area contributed by atoms with Crippen LogP contribution < -0.4 is 16.8 Å². The van der Waals surface area contributed by atoms with Crippen LogP contribution in [0.15, 0.2) is 33.0 Å². The molecule has 6 heteroatoms. The average molecular weight is 237 g/mol. The summed E-state index contributed by atoms with van der Waals surface area (Å²) in [4.78, 5) is 18.8. The molecular formula is C11H19N5O. The van der Waals surface area contributed by atoms with Crippen LogP contribution in [0.1, 0.15) is 13.8 Å². The Morgan fingerprint density at radius 2 is 1.88 bits per heavy atom. The fourth-order valence-electron chi connectivity index (χ4n) is 1.29. The number of nitrogens with one attached hydrogen (secondary N) is 1. The summed E-state index contributed by atoms with van der Waals surface area (Å²) in [5.41, 5.74) is 13.3. The lowest BCUT2D eigenvalue weighted by Crippen LogP contribution is -2.29. The Bertz CT molecular complexity index is 404. The minimum absolute atomic E-state index is 0.611. The number of rotatable bonds is 4. The van der Waals surface area contributed by atoms with Gasteiger partial charge in [-0.1, -0.05) is 0 Å². The average Bonchev–Trinajstić information content (AvgIpc) is 2.27. The molecule has 0 aliphatic carbocycles. The number of hydrogen-bond donors (Lipinski definition) is 3. The fourth-order valence-corrected chi connectivity index (χ4v) is 1.29. The molecule has 0 heterocycles. The Kier molecular flexibility index (Phi) is 6.32. The number of carbonyl (C=O) groups is 1. The van der Waals surface area contributed by atoms with Crippen LogP contribution in [-0.4, -0.2) is 32.1 Å². The van der Waals surface area contributed by atoms with E-state index in [4.69, 9.17) is 11.5 Å². The maximum atomic E-state index is 10.8. The smallest absolute Gasteiger partial charge is 0.316 e. The van der Waals surface area contributed by atoms with Gasteiger partial charge >= 0.3 is 6.03 Å². The van der Waals surface area contributed by atoms with E-state index in [1.54, 1.807) is 27.2 Å². The molecular weight excluding hydrogens is 218 g/mol. The van der Waals surface area contributed by atoms with Crippen LogP contribution in [0.25, 0.3) is 0 Å². The number of primary amides is 1. The van der Waals surface area contributed by atoms with Gasteiger partial charge in [-0.2, -0.15) is 0 Å². The summed E-state index contributed by atoms with van der Waals surface area (Å²) in [6, 6.07) is -0.611. The van der Waals surface area contributed by atoms with Crippen LogP contribution in [0.4, 0.5) is 4.79 Å². The SMILES string of the molecule is CN=CC(=CN)C(=NC)/C(C)=C(\C)NC(N)=O. The predicted octanol–water partition coefficient (Wildman–Crippen LogP) is 0.563. The number of nitrogens with two attached hydrogens (primary N) is 2. The van der Waals surface area contributed by atoms with Crippen molar-refractivity contribution in [3.8, 4) is 0 Å². The Balaban J connectivity index is 5.35. The van der Waals surface area contributed by atoms with Crippen molar-refractivity contribution < 1.29 is 4.79 Å². The molecule has 0 radical (unpaired) electrons. The van der Waals surface area contributed by atoms with Gasteiger partial charge in [0.1, 0.15) is 0 Å². The van der Waals surface area contributed by atoms with Gasteiger partial charge in [-0.25, -0.2) is 4.79 Å². The van der Waals surface area contributed by atoms with E-state index in [0.29, 0.717) is 17.0 Å². The van der Waals surface area contributed by atoms with E-state index in [9.17, 15) is 4.79 Å². The zero-order valence-electron chi connectivity index (χ0n) is 10.6. The topological polar surface area (TPSA) is 106 Å². The van der Waals surface area contributed by atoms with Gasteiger partial charge in [0.15, 0.2) is 0 Å². The molecule has 0 saturated heterocycles. The highest BCUT2D eigenvalue weighted by molar-refractivity contribution is 6.23. The second kappa shape index (κ2) is 7.21. The molecule has 0 atom stereocenters. The summed E-state index contributed by atoms with van der Waals surface area (Å²) in [5, 5.41) is 2.50. The van der Waals surface area contributed by atoms with Gasteiger partial charge < -0.3 is 16.8 Å². The molecule has 0 saturated carbocycles. The third-order valence-electron chi connectivity index (χ3n) is 2.17. The molecule has 94 valence electrons. The first-order chi connectivity index (χ1) is 7.97. The van der Waals surface area contributed by atoms with Crippen molar-refractivity contribution in [1.82, 2.24) is 5.32 Å². The molecule has 0 rings (SSSR count). The first-order valence-corrected chi connectivity index (χ1v) is 5.03. The lowest BCUT2D eigenvalue weighted by atomic mass is 10.0. The summed E-state index contributed by atoms with van der Waals surface area (Å²) in [6.07, 6.45) is 3.01. The van der Waals surface area contributed by atoms with Gasteiger partial charge in [0.25, 0.3) is 0 Å². The van der Waals surface area contributed by atoms with Crippen molar-refractivity contribution in [3.63, 3.8) is 0 Å². The van der Waals surface area contributed by atoms with Gasteiger partial charge in [-0.05, 0) is 19.4 Å². The van der Waals surface area contributed by atoms with E-state index in [0.717, 1.165) is 5.57 Å². The summed E-state index contributed by atoms with van der Waals surface area (Å²) < 4.78 is 0. The largest absolute Gasteiger partial charge is 0.404 e. The van der Waals surface area contributed by atoms with Crippen molar-refractivity contribution in [3.05, 3.63) is 23.0 Å².